The molecule has 0 spiro atoms. The molecule has 1 aliphatic rings. The van der Waals surface area contributed by atoms with E-state index < -0.39 is 0 Å². The van der Waals surface area contributed by atoms with Crippen LogP contribution in [0.4, 0.5) is 0 Å². The molecule has 0 heterocycles. The van der Waals surface area contributed by atoms with Gasteiger partial charge in [-0.15, -0.1) is 0 Å². The number of hydrogen-bond acceptors (Lipinski definition) is 3. The molecule has 0 saturated heterocycles. The van der Waals surface area contributed by atoms with Gasteiger partial charge >= 0.3 is 0 Å². The minimum Gasteiger partial charge on any atom is -0.409 e. The number of rotatable bonds is 6. The van der Waals surface area contributed by atoms with E-state index in [0.29, 0.717) is 18.3 Å². The summed E-state index contributed by atoms with van der Waals surface area (Å²) in [5, 5.41) is 15.0. The fourth-order valence-electron chi connectivity index (χ4n) is 1.55. The molecule has 1 fully saturated rings. The van der Waals surface area contributed by atoms with Gasteiger partial charge in [-0.1, -0.05) is 12.1 Å². The lowest BCUT2D eigenvalue weighted by atomic mass is 10.0. The van der Waals surface area contributed by atoms with Crippen LogP contribution >= 0.6 is 0 Å². The van der Waals surface area contributed by atoms with Crippen molar-refractivity contribution in [3.63, 3.8) is 0 Å². The fourth-order valence-corrected chi connectivity index (χ4v) is 1.55. The average Bonchev–Trinajstić information content (AvgIpc) is 2.94. The average molecular weight is 199 g/mol. The number of amidine groups is 1. The molecule has 1 saturated carbocycles. The van der Waals surface area contributed by atoms with Crippen LogP contribution in [-0.2, 0) is 0 Å². The summed E-state index contributed by atoms with van der Waals surface area (Å²) in [6, 6.07) is 0.555. The molecule has 0 bridgehead atoms. The molecule has 1 unspecified atom stereocenters. The summed E-state index contributed by atoms with van der Waals surface area (Å²) < 4.78 is 0. The molecule has 0 radical (unpaired) electrons. The van der Waals surface area contributed by atoms with E-state index in [2.05, 4.69) is 24.3 Å². The van der Waals surface area contributed by atoms with Crippen molar-refractivity contribution in [1.29, 1.82) is 0 Å². The summed E-state index contributed by atoms with van der Waals surface area (Å²) >= 11 is 0. The Morgan fingerprint density at radius 2 is 2.29 bits per heavy atom. The van der Waals surface area contributed by atoms with E-state index in [1.165, 1.54) is 12.8 Å². The fraction of sp³-hybridized carbons (Fsp3) is 0.900. The van der Waals surface area contributed by atoms with Crippen molar-refractivity contribution >= 4 is 5.84 Å². The van der Waals surface area contributed by atoms with Crippen LogP contribution in [0.3, 0.4) is 0 Å². The number of nitrogens with two attached hydrogens (primary N) is 1. The van der Waals surface area contributed by atoms with Gasteiger partial charge in [0.1, 0.15) is 5.84 Å². The first-order valence-electron chi connectivity index (χ1n) is 5.31. The van der Waals surface area contributed by atoms with Crippen LogP contribution in [0.25, 0.3) is 0 Å². The van der Waals surface area contributed by atoms with E-state index in [9.17, 15) is 0 Å². The molecular formula is C10H21N3O. The summed E-state index contributed by atoms with van der Waals surface area (Å²) in [5.74, 6) is 0.355. The third kappa shape index (κ3) is 3.18. The molecule has 0 aromatic heterocycles. The van der Waals surface area contributed by atoms with Crippen LogP contribution in [0.1, 0.15) is 39.5 Å². The molecule has 1 rings (SSSR count). The molecule has 0 aromatic rings. The van der Waals surface area contributed by atoms with Gasteiger partial charge in [0, 0.05) is 19.0 Å². The smallest absolute Gasteiger partial charge is 0.139 e. The zero-order valence-corrected chi connectivity index (χ0v) is 9.08. The summed E-state index contributed by atoms with van der Waals surface area (Å²) in [5.41, 5.74) is 5.79. The van der Waals surface area contributed by atoms with Crippen LogP contribution in [-0.4, -0.2) is 23.6 Å². The molecule has 0 aromatic carbocycles. The quantitative estimate of drug-likeness (QED) is 0.261. The first-order chi connectivity index (χ1) is 6.62. The van der Waals surface area contributed by atoms with Gasteiger partial charge in [-0.3, -0.25) is 0 Å². The van der Waals surface area contributed by atoms with Gasteiger partial charge in [-0.2, -0.15) is 0 Å². The van der Waals surface area contributed by atoms with Crippen molar-refractivity contribution in [3.8, 4) is 0 Å². The Kier molecular flexibility index (Phi) is 3.75. The lowest BCUT2D eigenvalue weighted by molar-refractivity contribution is 0.313. The van der Waals surface area contributed by atoms with Gasteiger partial charge in [0.2, 0.25) is 0 Å². The molecule has 4 heteroatoms. The molecule has 4 N–H and O–H groups in total. The maximum atomic E-state index is 8.49. The predicted molar refractivity (Wildman–Crippen MR) is 57.4 cm³/mol. The third-order valence-electron chi connectivity index (χ3n) is 3.08. The second kappa shape index (κ2) is 4.64. The van der Waals surface area contributed by atoms with Crippen molar-refractivity contribution in [1.82, 2.24) is 5.32 Å². The molecule has 1 aliphatic carbocycles. The highest BCUT2D eigenvalue weighted by Gasteiger charge is 2.43. The molecule has 0 amide bonds. The van der Waals surface area contributed by atoms with Crippen LogP contribution in [0.5, 0.6) is 0 Å². The zero-order chi connectivity index (χ0) is 10.6. The number of nitrogens with one attached hydrogen (secondary N) is 1. The second-order valence-corrected chi connectivity index (χ2v) is 4.46. The van der Waals surface area contributed by atoms with E-state index in [0.717, 1.165) is 13.0 Å². The number of nitrogens with zero attached hydrogens (tertiary/aromatic N) is 1. The summed E-state index contributed by atoms with van der Waals surface area (Å²) in [6.45, 7) is 5.33. The molecule has 14 heavy (non-hydrogen) atoms. The topological polar surface area (TPSA) is 70.6 Å². The van der Waals surface area contributed by atoms with E-state index >= 15 is 0 Å². The first kappa shape index (κ1) is 11.3. The van der Waals surface area contributed by atoms with Gasteiger partial charge in [-0.05, 0) is 31.6 Å². The molecular weight excluding hydrogens is 178 g/mol. The van der Waals surface area contributed by atoms with E-state index in [4.69, 9.17) is 10.9 Å². The Morgan fingerprint density at radius 3 is 2.71 bits per heavy atom. The Labute approximate surface area is 85.6 Å². The minimum atomic E-state index is 0.278. The van der Waals surface area contributed by atoms with Crippen molar-refractivity contribution in [3.05, 3.63) is 0 Å². The monoisotopic (exact) mass is 199 g/mol. The lowest BCUT2D eigenvalue weighted by Gasteiger charge is -2.18. The SMILES string of the molecule is CCC(C)NCC1(CC(N)=NO)CC1. The van der Waals surface area contributed by atoms with Gasteiger partial charge in [0.05, 0.1) is 0 Å². The van der Waals surface area contributed by atoms with Crippen molar-refractivity contribution in [2.75, 3.05) is 6.54 Å². The zero-order valence-electron chi connectivity index (χ0n) is 9.08. The molecule has 0 aliphatic heterocycles. The van der Waals surface area contributed by atoms with Gasteiger partial charge in [0.15, 0.2) is 0 Å². The highest BCUT2D eigenvalue weighted by Crippen LogP contribution is 2.48. The molecule has 4 nitrogen and oxygen atoms in total. The Bertz CT molecular complexity index is 211. The summed E-state index contributed by atoms with van der Waals surface area (Å²) in [7, 11) is 0. The maximum absolute atomic E-state index is 8.49. The van der Waals surface area contributed by atoms with Crippen LogP contribution < -0.4 is 11.1 Å². The van der Waals surface area contributed by atoms with Crippen molar-refractivity contribution < 1.29 is 5.21 Å². The van der Waals surface area contributed by atoms with Crippen molar-refractivity contribution in [2.45, 2.75) is 45.6 Å². The Balaban J connectivity index is 2.29. The van der Waals surface area contributed by atoms with Crippen LogP contribution in [0.15, 0.2) is 5.16 Å². The third-order valence-corrected chi connectivity index (χ3v) is 3.08. The van der Waals surface area contributed by atoms with Crippen molar-refractivity contribution in [2.24, 2.45) is 16.3 Å². The highest BCUT2D eigenvalue weighted by atomic mass is 16.4. The normalized spacial score (nSPS) is 22.0. The van der Waals surface area contributed by atoms with Gasteiger partial charge < -0.3 is 16.3 Å². The Hall–Kier alpha value is -0.770. The van der Waals surface area contributed by atoms with Crippen LogP contribution in [0.2, 0.25) is 0 Å². The number of oxime groups is 1. The summed E-state index contributed by atoms with van der Waals surface area (Å²) in [4.78, 5) is 0. The van der Waals surface area contributed by atoms with Gasteiger partial charge in [-0.25, -0.2) is 0 Å². The largest absolute Gasteiger partial charge is 0.409 e. The van der Waals surface area contributed by atoms with E-state index in [-0.39, 0.29) is 5.41 Å². The van der Waals surface area contributed by atoms with E-state index in [1.807, 2.05) is 0 Å². The lowest BCUT2D eigenvalue weighted by Crippen LogP contribution is -2.33. The molecule has 82 valence electrons. The number of hydrogen-bond donors (Lipinski definition) is 3. The first-order valence-corrected chi connectivity index (χ1v) is 5.31. The van der Waals surface area contributed by atoms with Gasteiger partial charge in [0.25, 0.3) is 0 Å². The Morgan fingerprint density at radius 1 is 1.64 bits per heavy atom. The summed E-state index contributed by atoms with van der Waals surface area (Å²) in [6.07, 6.45) is 4.23. The highest BCUT2D eigenvalue weighted by molar-refractivity contribution is 5.80. The maximum Gasteiger partial charge on any atom is 0.139 e. The standard InChI is InChI=1S/C10H21N3O/c1-3-8(2)12-7-10(4-5-10)6-9(11)13-14/h8,12,14H,3-7H2,1-2H3,(H2,11,13). The molecule has 1 atom stereocenters. The second-order valence-electron chi connectivity index (χ2n) is 4.46. The van der Waals surface area contributed by atoms with E-state index in [1.54, 1.807) is 0 Å². The minimum absolute atomic E-state index is 0.278. The predicted octanol–water partition coefficient (Wildman–Crippen LogP) is 1.29. The van der Waals surface area contributed by atoms with Crippen LogP contribution in [0, 0.1) is 5.41 Å².